The molecule has 0 unspecified atom stereocenters. The molecular weight excluding hydrogens is 264 g/mol. The topological polar surface area (TPSA) is 70.7 Å². The van der Waals surface area contributed by atoms with Gasteiger partial charge in [-0.05, 0) is 43.7 Å². The minimum Gasteiger partial charge on any atom is -0.337 e. The monoisotopic (exact) mass is 278 g/mol. The first kappa shape index (κ1) is 12.1. The lowest BCUT2D eigenvalue weighted by Gasteiger charge is -2.14. The minimum atomic E-state index is -0.514. The Hall–Kier alpha value is -2.69. The Labute approximate surface area is 121 Å². The number of H-pyrrole nitrogens is 1. The maximum atomic E-state index is 12.0. The molecule has 3 heterocycles. The van der Waals surface area contributed by atoms with Gasteiger partial charge in [-0.3, -0.25) is 9.78 Å². The Kier molecular flexibility index (Phi) is 2.25. The number of nitrogens with one attached hydrogen (secondary N) is 2. The van der Waals surface area contributed by atoms with Crippen LogP contribution in [-0.2, 0) is 10.2 Å². The number of fused-ring (bicyclic) bond motifs is 2. The van der Waals surface area contributed by atoms with Crippen LogP contribution in [-0.4, -0.2) is 20.9 Å². The maximum Gasteiger partial charge on any atom is 0.234 e. The van der Waals surface area contributed by atoms with E-state index in [4.69, 9.17) is 0 Å². The number of imidazole rings is 1. The highest BCUT2D eigenvalue weighted by molar-refractivity contribution is 6.07. The van der Waals surface area contributed by atoms with Crippen molar-refractivity contribution in [3.63, 3.8) is 0 Å². The molecule has 5 nitrogen and oxygen atoms in total. The summed E-state index contributed by atoms with van der Waals surface area (Å²) < 4.78 is 0. The highest BCUT2D eigenvalue weighted by Crippen LogP contribution is 2.39. The molecule has 104 valence electrons. The van der Waals surface area contributed by atoms with E-state index in [0.717, 1.165) is 33.8 Å². The molecule has 0 fully saturated rings. The molecule has 0 radical (unpaired) electrons. The van der Waals surface area contributed by atoms with Crippen LogP contribution in [0.4, 0.5) is 5.69 Å². The van der Waals surface area contributed by atoms with Gasteiger partial charge in [0, 0.05) is 11.9 Å². The molecule has 0 bridgehead atoms. The van der Waals surface area contributed by atoms with Crippen molar-refractivity contribution >= 4 is 22.6 Å². The number of nitrogens with zero attached hydrogens (tertiary/aromatic N) is 2. The second kappa shape index (κ2) is 3.91. The van der Waals surface area contributed by atoms with Gasteiger partial charge >= 0.3 is 0 Å². The van der Waals surface area contributed by atoms with Gasteiger partial charge in [-0.2, -0.15) is 0 Å². The number of aromatic amines is 1. The van der Waals surface area contributed by atoms with Gasteiger partial charge in [0.2, 0.25) is 5.91 Å². The van der Waals surface area contributed by atoms with Gasteiger partial charge in [0.1, 0.15) is 5.69 Å². The first-order chi connectivity index (χ1) is 10.1. The fraction of sp³-hybridized carbons (Fsp3) is 0.188. The van der Waals surface area contributed by atoms with Crippen molar-refractivity contribution in [2.45, 2.75) is 19.3 Å². The molecule has 0 spiro atoms. The van der Waals surface area contributed by atoms with Crippen molar-refractivity contribution in [1.82, 2.24) is 15.0 Å². The molecule has 0 saturated heterocycles. The van der Waals surface area contributed by atoms with E-state index in [2.05, 4.69) is 20.3 Å². The van der Waals surface area contributed by atoms with Crippen molar-refractivity contribution < 1.29 is 4.79 Å². The van der Waals surface area contributed by atoms with Gasteiger partial charge in [0.15, 0.2) is 5.82 Å². The summed E-state index contributed by atoms with van der Waals surface area (Å²) in [5, 5.41) is 2.92. The third-order valence-corrected chi connectivity index (χ3v) is 4.02. The zero-order chi connectivity index (χ0) is 14.6. The molecule has 21 heavy (non-hydrogen) atoms. The molecule has 0 atom stereocenters. The number of benzene rings is 1. The number of hydrogen-bond acceptors (Lipinski definition) is 3. The summed E-state index contributed by atoms with van der Waals surface area (Å²) in [6.07, 6.45) is 1.74. The van der Waals surface area contributed by atoms with Gasteiger partial charge in [0.25, 0.3) is 0 Å². The van der Waals surface area contributed by atoms with Crippen LogP contribution < -0.4 is 5.32 Å². The average Bonchev–Trinajstić information content (AvgIpc) is 2.98. The zero-order valence-electron chi connectivity index (χ0n) is 11.8. The summed E-state index contributed by atoms with van der Waals surface area (Å²) >= 11 is 0. The van der Waals surface area contributed by atoms with E-state index in [1.807, 2.05) is 44.2 Å². The Morgan fingerprint density at radius 1 is 1.19 bits per heavy atom. The normalized spacial score (nSPS) is 16.0. The second-order valence-electron chi connectivity index (χ2n) is 5.79. The van der Waals surface area contributed by atoms with Gasteiger partial charge < -0.3 is 10.3 Å². The summed E-state index contributed by atoms with van der Waals surface area (Å²) in [6, 6.07) is 9.64. The smallest absolute Gasteiger partial charge is 0.234 e. The minimum absolute atomic E-state index is 0.0232. The van der Waals surface area contributed by atoms with Crippen LogP contribution in [0.15, 0.2) is 36.5 Å². The molecule has 5 heteroatoms. The van der Waals surface area contributed by atoms with Crippen molar-refractivity contribution in [1.29, 1.82) is 0 Å². The van der Waals surface area contributed by atoms with Crippen LogP contribution in [0.5, 0.6) is 0 Å². The van der Waals surface area contributed by atoms with Crippen molar-refractivity contribution in [2.24, 2.45) is 0 Å². The highest BCUT2D eigenvalue weighted by atomic mass is 16.2. The van der Waals surface area contributed by atoms with E-state index in [9.17, 15) is 4.79 Å². The number of hydrogen-bond donors (Lipinski definition) is 2. The van der Waals surface area contributed by atoms with Gasteiger partial charge in [-0.15, -0.1) is 0 Å². The van der Waals surface area contributed by atoms with E-state index in [1.165, 1.54) is 0 Å². The molecule has 0 aliphatic carbocycles. The number of aromatic nitrogens is 3. The molecule has 2 aromatic heterocycles. The SMILES string of the molecule is CC1(C)C(=O)Nc2cc3nc(-c4ccccn4)[nH]c3cc21. The molecule has 0 saturated carbocycles. The second-order valence-corrected chi connectivity index (χ2v) is 5.79. The third-order valence-electron chi connectivity index (χ3n) is 4.02. The summed E-state index contributed by atoms with van der Waals surface area (Å²) in [6.45, 7) is 3.85. The number of anilines is 1. The van der Waals surface area contributed by atoms with Crippen molar-refractivity contribution in [3.8, 4) is 11.5 Å². The van der Waals surface area contributed by atoms with Gasteiger partial charge in [-0.25, -0.2) is 4.98 Å². The molecule has 4 rings (SSSR count). The Morgan fingerprint density at radius 2 is 2.05 bits per heavy atom. The van der Waals surface area contributed by atoms with Crippen LogP contribution in [0.1, 0.15) is 19.4 Å². The first-order valence-corrected chi connectivity index (χ1v) is 6.83. The fourth-order valence-corrected chi connectivity index (χ4v) is 2.70. The Balaban J connectivity index is 1.90. The lowest BCUT2D eigenvalue weighted by Crippen LogP contribution is -2.26. The predicted octanol–water partition coefficient (Wildman–Crippen LogP) is 2.85. The number of carbonyl (C=O) groups excluding carboxylic acids is 1. The van der Waals surface area contributed by atoms with Gasteiger partial charge in [-0.1, -0.05) is 6.07 Å². The number of pyridine rings is 1. The standard InChI is InChI=1S/C16H14N4O/c1-16(2)9-7-12-13(8-11(9)20-15(16)21)19-14(18-12)10-5-3-4-6-17-10/h3-8H,1-2H3,(H,18,19)(H,20,21). The van der Waals surface area contributed by atoms with Crippen LogP contribution >= 0.6 is 0 Å². The highest BCUT2D eigenvalue weighted by Gasteiger charge is 2.38. The molecule has 1 aliphatic heterocycles. The van der Waals surface area contributed by atoms with Crippen molar-refractivity contribution in [2.75, 3.05) is 5.32 Å². The zero-order valence-corrected chi connectivity index (χ0v) is 11.8. The summed E-state index contributed by atoms with van der Waals surface area (Å²) in [5.41, 5.74) is 3.87. The van der Waals surface area contributed by atoms with Crippen molar-refractivity contribution in [3.05, 3.63) is 42.1 Å². The third kappa shape index (κ3) is 1.67. The quantitative estimate of drug-likeness (QED) is 0.719. The van der Waals surface area contributed by atoms with Crippen LogP contribution in [0.3, 0.4) is 0 Å². The molecular formula is C16H14N4O. The average molecular weight is 278 g/mol. The maximum absolute atomic E-state index is 12.0. The van der Waals surface area contributed by atoms with E-state index >= 15 is 0 Å². The summed E-state index contributed by atoms with van der Waals surface area (Å²) in [5.74, 6) is 0.758. The molecule has 3 aromatic rings. The fourth-order valence-electron chi connectivity index (χ4n) is 2.70. The predicted molar refractivity (Wildman–Crippen MR) is 81.0 cm³/mol. The lowest BCUT2D eigenvalue weighted by molar-refractivity contribution is -0.119. The summed E-state index contributed by atoms with van der Waals surface area (Å²) in [7, 11) is 0. The largest absolute Gasteiger partial charge is 0.337 e. The van der Waals surface area contributed by atoms with E-state index < -0.39 is 5.41 Å². The molecule has 1 aliphatic rings. The lowest BCUT2D eigenvalue weighted by atomic mass is 9.86. The number of amides is 1. The van der Waals surface area contributed by atoms with E-state index in [0.29, 0.717) is 0 Å². The Morgan fingerprint density at radius 3 is 2.81 bits per heavy atom. The number of carbonyl (C=O) groups is 1. The first-order valence-electron chi connectivity index (χ1n) is 6.83. The van der Waals surface area contributed by atoms with Crippen LogP contribution in [0, 0.1) is 0 Å². The Bertz CT molecular complexity index is 865. The molecule has 1 aromatic carbocycles. The van der Waals surface area contributed by atoms with Crippen LogP contribution in [0.25, 0.3) is 22.6 Å². The number of rotatable bonds is 1. The van der Waals surface area contributed by atoms with Crippen LogP contribution in [0.2, 0.25) is 0 Å². The van der Waals surface area contributed by atoms with E-state index in [-0.39, 0.29) is 5.91 Å². The van der Waals surface area contributed by atoms with Gasteiger partial charge in [0.05, 0.1) is 16.4 Å². The van der Waals surface area contributed by atoms with E-state index in [1.54, 1.807) is 6.20 Å². The summed E-state index contributed by atoms with van der Waals surface area (Å²) in [4.78, 5) is 24.1. The molecule has 2 N–H and O–H groups in total. The molecule has 1 amide bonds.